The van der Waals surface area contributed by atoms with Crippen LogP contribution < -0.4 is 16.4 Å². The third-order valence-electron chi connectivity index (χ3n) is 3.41. The van der Waals surface area contributed by atoms with E-state index in [4.69, 9.17) is 11.5 Å². The van der Waals surface area contributed by atoms with Gasteiger partial charge in [-0.05, 0) is 37.0 Å². The fourth-order valence-electron chi connectivity index (χ4n) is 2.36. The predicted octanol–water partition coefficient (Wildman–Crippen LogP) is 0.772. The summed E-state index contributed by atoms with van der Waals surface area (Å²) >= 11 is 0. The van der Waals surface area contributed by atoms with Crippen molar-refractivity contribution < 1.29 is 4.79 Å². The number of nitrogens with two attached hydrogens (primary N) is 2. The summed E-state index contributed by atoms with van der Waals surface area (Å²) in [5.74, 6) is -0.277. The molecule has 0 fully saturated rings. The molecule has 92 valence electrons. The number of benzene rings is 1. The Morgan fingerprint density at radius 1 is 1.53 bits per heavy atom. The minimum absolute atomic E-state index is 0.252. The van der Waals surface area contributed by atoms with Crippen LogP contribution in [-0.2, 0) is 17.8 Å². The van der Waals surface area contributed by atoms with Crippen LogP contribution in [0, 0.1) is 0 Å². The molecule has 17 heavy (non-hydrogen) atoms. The van der Waals surface area contributed by atoms with E-state index in [0.717, 1.165) is 30.6 Å². The third kappa shape index (κ3) is 2.26. The smallest absolute Gasteiger partial charge is 0.239 e. The zero-order valence-corrected chi connectivity index (χ0v) is 10.1. The SMILES string of the molecule is CC(C(N)=O)N1CCCc2cc(CN)ccc21. The van der Waals surface area contributed by atoms with Crippen LogP contribution in [0.3, 0.4) is 0 Å². The standard InChI is InChI=1S/C13H19N3O/c1-9(13(15)17)16-6-2-3-11-7-10(8-14)4-5-12(11)16/h4-5,7,9H,2-3,6,8,14H2,1H3,(H2,15,17). The maximum Gasteiger partial charge on any atom is 0.239 e. The van der Waals surface area contributed by atoms with Gasteiger partial charge in [0.25, 0.3) is 0 Å². The molecule has 0 spiro atoms. The maximum absolute atomic E-state index is 11.3. The van der Waals surface area contributed by atoms with Gasteiger partial charge in [0, 0.05) is 18.8 Å². The molecule has 1 aliphatic rings. The number of hydrogen-bond acceptors (Lipinski definition) is 3. The van der Waals surface area contributed by atoms with E-state index in [2.05, 4.69) is 17.0 Å². The molecule has 1 unspecified atom stereocenters. The average molecular weight is 233 g/mol. The van der Waals surface area contributed by atoms with E-state index in [9.17, 15) is 4.79 Å². The van der Waals surface area contributed by atoms with Gasteiger partial charge in [0.1, 0.15) is 6.04 Å². The van der Waals surface area contributed by atoms with Crippen LogP contribution in [0.4, 0.5) is 5.69 Å². The number of aryl methyl sites for hydroxylation is 1. The number of anilines is 1. The topological polar surface area (TPSA) is 72.4 Å². The first-order valence-electron chi connectivity index (χ1n) is 6.01. The second-order valence-corrected chi connectivity index (χ2v) is 4.54. The Kier molecular flexibility index (Phi) is 3.33. The second kappa shape index (κ2) is 4.75. The van der Waals surface area contributed by atoms with E-state index in [1.807, 2.05) is 13.0 Å². The summed E-state index contributed by atoms with van der Waals surface area (Å²) in [5.41, 5.74) is 14.5. The highest BCUT2D eigenvalue weighted by Crippen LogP contribution is 2.29. The highest BCUT2D eigenvalue weighted by molar-refractivity contribution is 5.83. The van der Waals surface area contributed by atoms with Crippen LogP contribution in [0.5, 0.6) is 0 Å². The third-order valence-corrected chi connectivity index (χ3v) is 3.41. The van der Waals surface area contributed by atoms with Gasteiger partial charge in [0.15, 0.2) is 0 Å². The first-order valence-corrected chi connectivity index (χ1v) is 6.01. The molecule has 0 aliphatic carbocycles. The van der Waals surface area contributed by atoms with Crippen molar-refractivity contribution in [3.05, 3.63) is 29.3 Å². The van der Waals surface area contributed by atoms with Gasteiger partial charge in [-0.3, -0.25) is 4.79 Å². The van der Waals surface area contributed by atoms with E-state index in [0.29, 0.717) is 6.54 Å². The van der Waals surface area contributed by atoms with Crippen molar-refractivity contribution in [3.63, 3.8) is 0 Å². The molecule has 0 saturated carbocycles. The van der Waals surface area contributed by atoms with Gasteiger partial charge in [0.2, 0.25) is 5.91 Å². The molecule has 4 N–H and O–H groups in total. The van der Waals surface area contributed by atoms with Gasteiger partial charge in [-0.1, -0.05) is 12.1 Å². The number of primary amides is 1. The number of carbonyl (C=O) groups excluding carboxylic acids is 1. The van der Waals surface area contributed by atoms with Crippen LogP contribution in [0.25, 0.3) is 0 Å². The van der Waals surface area contributed by atoms with Crippen LogP contribution in [0.15, 0.2) is 18.2 Å². The molecular formula is C13H19N3O. The molecule has 1 heterocycles. The first-order chi connectivity index (χ1) is 8.13. The lowest BCUT2D eigenvalue weighted by molar-refractivity contribution is -0.119. The molecule has 2 rings (SSSR count). The largest absolute Gasteiger partial charge is 0.368 e. The van der Waals surface area contributed by atoms with Gasteiger partial charge in [0.05, 0.1) is 0 Å². The lowest BCUT2D eigenvalue weighted by Crippen LogP contribution is -2.45. The number of amides is 1. The van der Waals surface area contributed by atoms with Gasteiger partial charge in [-0.15, -0.1) is 0 Å². The molecule has 1 aliphatic heterocycles. The Balaban J connectivity index is 2.34. The molecule has 4 nitrogen and oxygen atoms in total. The Labute approximate surface area is 102 Å². The molecule has 0 radical (unpaired) electrons. The molecular weight excluding hydrogens is 214 g/mol. The van der Waals surface area contributed by atoms with Crippen LogP contribution in [-0.4, -0.2) is 18.5 Å². The second-order valence-electron chi connectivity index (χ2n) is 4.54. The van der Waals surface area contributed by atoms with Crippen molar-refractivity contribution in [2.24, 2.45) is 11.5 Å². The number of carbonyl (C=O) groups is 1. The van der Waals surface area contributed by atoms with Crippen molar-refractivity contribution in [2.75, 3.05) is 11.4 Å². The normalized spacial score (nSPS) is 16.5. The lowest BCUT2D eigenvalue weighted by Gasteiger charge is -2.35. The summed E-state index contributed by atoms with van der Waals surface area (Å²) in [6.07, 6.45) is 2.10. The summed E-state index contributed by atoms with van der Waals surface area (Å²) in [6, 6.07) is 5.95. The molecule has 1 amide bonds. The number of rotatable bonds is 3. The van der Waals surface area contributed by atoms with Crippen LogP contribution in [0.2, 0.25) is 0 Å². The van der Waals surface area contributed by atoms with Gasteiger partial charge >= 0.3 is 0 Å². The summed E-state index contributed by atoms with van der Waals surface area (Å²) in [7, 11) is 0. The van der Waals surface area contributed by atoms with E-state index >= 15 is 0 Å². The monoisotopic (exact) mass is 233 g/mol. The van der Waals surface area contributed by atoms with Crippen molar-refractivity contribution in [1.29, 1.82) is 0 Å². The zero-order chi connectivity index (χ0) is 12.4. The van der Waals surface area contributed by atoms with Gasteiger partial charge < -0.3 is 16.4 Å². The van der Waals surface area contributed by atoms with Crippen molar-refractivity contribution in [3.8, 4) is 0 Å². The summed E-state index contributed by atoms with van der Waals surface area (Å²) < 4.78 is 0. The van der Waals surface area contributed by atoms with Gasteiger partial charge in [-0.2, -0.15) is 0 Å². The Morgan fingerprint density at radius 2 is 2.29 bits per heavy atom. The van der Waals surface area contributed by atoms with Crippen LogP contribution in [0.1, 0.15) is 24.5 Å². The van der Waals surface area contributed by atoms with E-state index in [1.165, 1.54) is 5.56 Å². The molecule has 0 saturated heterocycles. The lowest BCUT2D eigenvalue weighted by atomic mass is 9.98. The molecule has 4 heteroatoms. The minimum Gasteiger partial charge on any atom is -0.368 e. The molecule has 0 bridgehead atoms. The molecule has 1 atom stereocenters. The minimum atomic E-state index is -0.277. The quantitative estimate of drug-likeness (QED) is 0.810. The number of hydrogen-bond donors (Lipinski definition) is 2. The number of fused-ring (bicyclic) bond motifs is 1. The zero-order valence-electron chi connectivity index (χ0n) is 10.1. The predicted molar refractivity (Wildman–Crippen MR) is 68.7 cm³/mol. The van der Waals surface area contributed by atoms with E-state index in [1.54, 1.807) is 0 Å². The van der Waals surface area contributed by atoms with E-state index < -0.39 is 0 Å². The average Bonchev–Trinajstić information content (AvgIpc) is 2.36. The van der Waals surface area contributed by atoms with Crippen molar-refractivity contribution in [2.45, 2.75) is 32.4 Å². The fraction of sp³-hybridized carbons (Fsp3) is 0.462. The number of nitrogens with zero attached hydrogens (tertiary/aromatic N) is 1. The molecule has 1 aromatic rings. The fourth-order valence-corrected chi connectivity index (χ4v) is 2.36. The Bertz CT molecular complexity index is 431. The van der Waals surface area contributed by atoms with Crippen molar-refractivity contribution >= 4 is 11.6 Å². The summed E-state index contributed by atoms with van der Waals surface area (Å²) in [6.45, 7) is 3.30. The highest BCUT2D eigenvalue weighted by Gasteiger charge is 2.24. The van der Waals surface area contributed by atoms with Gasteiger partial charge in [-0.25, -0.2) is 0 Å². The molecule has 1 aromatic carbocycles. The van der Waals surface area contributed by atoms with Crippen LogP contribution >= 0.6 is 0 Å². The Morgan fingerprint density at radius 3 is 2.94 bits per heavy atom. The first kappa shape index (κ1) is 11.9. The highest BCUT2D eigenvalue weighted by atomic mass is 16.1. The van der Waals surface area contributed by atoms with Crippen molar-refractivity contribution in [1.82, 2.24) is 0 Å². The Hall–Kier alpha value is -1.55. The van der Waals surface area contributed by atoms with E-state index in [-0.39, 0.29) is 11.9 Å². The maximum atomic E-state index is 11.3. The molecule has 0 aromatic heterocycles. The summed E-state index contributed by atoms with van der Waals surface area (Å²) in [4.78, 5) is 13.4. The summed E-state index contributed by atoms with van der Waals surface area (Å²) in [5, 5.41) is 0.